The summed E-state index contributed by atoms with van der Waals surface area (Å²) in [5.41, 5.74) is 0. The topological polar surface area (TPSA) is 39.6 Å². The van der Waals surface area contributed by atoms with Crippen LogP contribution in [0.5, 0.6) is 0 Å². The first-order chi connectivity index (χ1) is 5.38. The Morgan fingerprint density at radius 3 is 3.00 bits per heavy atom. The first-order valence-corrected chi connectivity index (χ1v) is 4.12. The highest BCUT2D eigenvalue weighted by molar-refractivity contribution is 4.91. The van der Waals surface area contributed by atoms with Gasteiger partial charge in [-0.2, -0.15) is 5.26 Å². The van der Waals surface area contributed by atoms with Gasteiger partial charge in [-0.25, -0.2) is 0 Å². The number of nitriles is 1. The fourth-order valence-electron chi connectivity index (χ4n) is 1.57. The van der Waals surface area contributed by atoms with E-state index >= 15 is 0 Å². The lowest BCUT2D eigenvalue weighted by Crippen LogP contribution is -2.25. The third kappa shape index (κ3) is 1.70. The summed E-state index contributed by atoms with van der Waals surface area (Å²) < 4.78 is 5.11. The van der Waals surface area contributed by atoms with Gasteiger partial charge in [0.1, 0.15) is 0 Å². The van der Waals surface area contributed by atoms with Crippen molar-refractivity contribution in [2.75, 3.05) is 26.2 Å². The smallest absolute Gasteiger partial charge is 0.0936 e. The van der Waals surface area contributed by atoms with E-state index in [1.54, 1.807) is 0 Å². The van der Waals surface area contributed by atoms with Crippen LogP contribution in [0.2, 0.25) is 0 Å². The van der Waals surface area contributed by atoms with Gasteiger partial charge in [0.2, 0.25) is 0 Å². The monoisotopic (exact) mass is 152 g/mol. The molecule has 2 aliphatic heterocycles. The summed E-state index contributed by atoms with van der Waals surface area (Å²) in [6, 6.07) is 2.31. The molecule has 60 valence electrons. The highest BCUT2D eigenvalue weighted by Crippen LogP contribution is 2.18. The number of ether oxygens (including phenoxy) is 1. The molecule has 2 heterocycles. The van der Waals surface area contributed by atoms with Crippen molar-refractivity contribution in [2.45, 2.75) is 12.5 Å². The van der Waals surface area contributed by atoms with Crippen LogP contribution in [-0.2, 0) is 4.74 Å². The summed E-state index contributed by atoms with van der Waals surface area (Å²) in [7, 11) is 0. The molecule has 0 amide bonds. The van der Waals surface area contributed by atoms with Crippen LogP contribution in [0.25, 0.3) is 0 Å². The van der Waals surface area contributed by atoms with Gasteiger partial charge in [-0.3, -0.25) is 4.90 Å². The Bertz CT molecular complexity index is 183. The maximum atomic E-state index is 8.63. The lowest BCUT2D eigenvalue weighted by atomic mass is 10.1. The molecular formula is C8H12N2O. The third-order valence-corrected chi connectivity index (χ3v) is 2.32. The predicted molar refractivity (Wildman–Crippen MR) is 39.9 cm³/mol. The maximum absolute atomic E-state index is 8.63. The highest BCUT2D eigenvalue weighted by atomic mass is 16.6. The molecule has 0 aliphatic carbocycles. The van der Waals surface area contributed by atoms with Gasteiger partial charge < -0.3 is 4.74 Å². The van der Waals surface area contributed by atoms with Gasteiger partial charge in [0.25, 0.3) is 0 Å². The van der Waals surface area contributed by atoms with Crippen LogP contribution >= 0.6 is 0 Å². The van der Waals surface area contributed by atoms with E-state index in [0.717, 1.165) is 32.7 Å². The van der Waals surface area contributed by atoms with Crippen molar-refractivity contribution in [3.63, 3.8) is 0 Å². The Hall–Kier alpha value is -0.590. The molecule has 1 unspecified atom stereocenters. The molecular weight excluding hydrogens is 140 g/mol. The largest absolute Gasteiger partial charge is 0.372 e. The number of hydrogen-bond donors (Lipinski definition) is 0. The fourth-order valence-corrected chi connectivity index (χ4v) is 1.57. The van der Waals surface area contributed by atoms with Crippen molar-refractivity contribution in [3.05, 3.63) is 0 Å². The zero-order valence-corrected chi connectivity index (χ0v) is 6.49. The van der Waals surface area contributed by atoms with Gasteiger partial charge in [-0.1, -0.05) is 0 Å². The Morgan fingerprint density at radius 2 is 2.45 bits per heavy atom. The second-order valence-electron chi connectivity index (χ2n) is 3.33. The summed E-state index contributed by atoms with van der Waals surface area (Å²) in [5.74, 6) is 0.272. The molecule has 0 aromatic heterocycles. The van der Waals surface area contributed by atoms with Gasteiger partial charge in [-0.05, 0) is 13.0 Å². The molecule has 0 radical (unpaired) electrons. The van der Waals surface area contributed by atoms with Gasteiger partial charge in [0, 0.05) is 13.1 Å². The summed E-state index contributed by atoms with van der Waals surface area (Å²) in [6.07, 6.45) is 1.52. The molecule has 0 bridgehead atoms. The van der Waals surface area contributed by atoms with Crippen molar-refractivity contribution in [3.8, 4) is 6.07 Å². The summed E-state index contributed by atoms with van der Waals surface area (Å²) in [5, 5.41) is 8.63. The number of epoxide rings is 1. The molecule has 11 heavy (non-hydrogen) atoms. The molecule has 0 aromatic carbocycles. The molecule has 2 aliphatic rings. The average Bonchev–Trinajstić information content (AvgIpc) is 2.68. The van der Waals surface area contributed by atoms with Crippen molar-refractivity contribution >= 4 is 0 Å². The van der Waals surface area contributed by atoms with Crippen LogP contribution in [0, 0.1) is 17.2 Å². The van der Waals surface area contributed by atoms with E-state index in [9.17, 15) is 0 Å². The van der Waals surface area contributed by atoms with Gasteiger partial charge in [-0.15, -0.1) is 0 Å². The minimum atomic E-state index is 0.272. The first kappa shape index (κ1) is 7.08. The van der Waals surface area contributed by atoms with Crippen LogP contribution < -0.4 is 0 Å². The van der Waals surface area contributed by atoms with Crippen molar-refractivity contribution in [2.24, 2.45) is 5.92 Å². The molecule has 2 saturated heterocycles. The predicted octanol–water partition coefficient (Wildman–Crippen LogP) is 0.231. The minimum Gasteiger partial charge on any atom is -0.372 e. The van der Waals surface area contributed by atoms with E-state index < -0.39 is 0 Å². The maximum Gasteiger partial charge on any atom is 0.0936 e. The van der Waals surface area contributed by atoms with Gasteiger partial charge in [0.15, 0.2) is 0 Å². The molecule has 3 nitrogen and oxygen atoms in total. The second-order valence-corrected chi connectivity index (χ2v) is 3.33. The van der Waals surface area contributed by atoms with Crippen molar-refractivity contribution in [1.29, 1.82) is 5.26 Å². The standard InChI is InChI=1S/C8H12N2O/c9-3-7-1-2-10(4-7)5-8-6-11-8/h7-8H,1-2,4-6H2/t7?,8-/m1/s1. The van der Waals surface area contributed by atoms with E-state index in [4.69, 9.17) is 10.00 Å². The van der Waals surface area contributed by atoms with E-state index in [-0.39, 0.29) is 5.92 Å². The average molecular weight is 152 g/mol. The van der Waals surface area contributed by atoms with Gasteiger partial charge >= 0.3 is 0 Å². The minimum absolute atomic E-state index is 0.272. The highest BCUT2D eigenvalue weighted by Gasteiger charge is 2.29. The molecule has 2 rings (SSSR count). The van der Waals surface area contributed by atoms with E-state index in [0.29, 0.717) is 6.10 Å². The van der Waals surface area contributed by atoms with Crippen LogP contribution in [0.15, 0.2) is 0 Å². The van der Waals surface area contributed by atoms with E-state index in [1.807, 2.05) is 0 Å². The van der Waals surface area contributed by atoms with Crippen LogP contribution in [0.4, 0.5) is 0 Å². The van der Waals surface area contributed by atoms with E-state index in [1.165, 1.54) is 0 Å². The van der Waals surface area contributed by atoms with Crippen LogP contribution in [0.3, 0.4) is 0 Å². The zero-order valence-electron chi connectivity index (χ0n) is 6.49. The Morgan fingerprint density at radius 1 is 1.64 bits per heavy atom. The third-order valence-electron chi connectivity index (χ3n) is 2.32. The Balaban J connectivity index is 1.75. The SMILES string of the molecule is N#CC1CCN(C[C@@H]2CO2)C1. The fraction of sp³-hybridized carbons (Fsp3) is 0.875. The normalized spacial score (nSPS) is 37.0. The lowest BCUT2D eigenvalue weighted by molar-refractivity contribution is 0.282. The van der Waals surface area contributed by atoms with Crippen molar-refractivity contribution < 1.29 is 4.74 Å². The summed E-state index contributed by atoms with van der Waals surface area (Å²) in [4.78, 5) is 2.32. The number of hydrogen-bond acceptors (Lipinski definition) is 3. The first-order valence-electron chi connectivity index (χ1n) is 4.12. The Labute approximate surface area is 66.5 Å². The lowest BCUT2D eigenvalue weighted by Gasteiger charge is -2.11. The molecule has 0 N–H and O–H groups in total. The molecule has 0 aromatic rings. The van der Waals surface area contributed by atoms with E-state index in [2.05, 4.69) is 11.0 Å². The number of nitrogens with zero attached hydrogens (tertiary/aromatic N) is 2. The van der Waals surface area contributed by atoms with Crippen LogP contribution in [0.1, 0.15) is 6.42 Å². The second kappa shape index (κ2) is 2.80. The number of likely N-dealkylation sites (tertiary alicyclic amines) is 1. The molecule has 0 spiro atoms. The Kier molecular flexibility index (Phi) is 1.80. The summed E-state index contributed by atoms with van der Waals surface area (Å²) in [6.45, 7) is 4.00. The zero-order chi connectivity index (χ0) is 7.68. The number of rotatable bonds is 2. The molecule has 2 fully saturated rings. The quantitative estimate of drug-likeness (QED) is 0.532. The summed E-state index contributed by atoms with van der Waals surface area (Å²) >= 11 is 0. The van der Waals surface area contributed by atoms with Crippen LogP contribution in [-0.4, -0.2) is 37.2 Å². The molecule has 0 saturated carbocycles. The molecule has 2 atom stereocenters. The van der Waals surface area contributed by atoms with Crippen molar-refractivity contribution in [1.82, 2.24) is 4.90 Å². The van der Waals surface area contributed by atoms with Gasteiger partial charge in [0.05, 0.1) is 24.7 Å². The molecule has 3 heteroatoms.